The molecule has 12 heteroatoms. The maximum absolute atomic E-state index is 14.1. The fourth-order valence-corrected chi connectivity index (χ4v) is 6.98. The number of fused-ring (bicyclic) bond motifs is 1. The Kier molecular flexibility index (Phi) is 10.8. The van der Waals surface area contributed by atoms with Crippen LogP contribution in [0, 0.1) is 5.92 Å². The molecule has 2 amide bonds. The molecule has 0 radical (unpaired) electrons. The minimum absolute atomic E-state index is 0.0314. The predicted molar refractivity (Wildman–Crippen MR) is 177 cm³/mol. The van der Waals surface area contributed by atoms with Gasteiger partial charge in [0.25, 0.3) is 5.91 Å². The van der Waals surface area contributed by atoms with E-state index in [1.54, 1.807) is 29.2 Å². The Morgan fingerprint density at radius 2 is 1.73 bits per heavy atom. The highest BCUT2D eigenvalue weighted by Gasteiger charge is 2.51. The van der Waals surface area contributed by atoms with Gasteiger partial charge in [-0.1, -0.05) is 30.3 Å². The molecule has 3 aliphatic rings. The number of allylic oxidation sites excluding steroid dienone is 1. The number of amides is 2. The number of anilines is 1. The van der Waals surface area contributed by atoms with Gasteiger partial charge in [0.05, 0.1) is 44.7 Å². The van der Waals surface area contributed by atoms with Gasteiger partial charge in [-0.15, -0.1) is 0 Å². The van der Waals surface area contributed by atoms with Crippen molar-refractivity contribution in [3.8, 4) is 0 Å². The van der Waals surface area contributed by atoms with Gasteiger partial charge in [-0.3, -0.25) is 14.4 Å². The Bertz CT molecular complexity index is 1650. The normalized spacial score (nSPS) is 22.1. The fraction of sp³-hybridized carbons (Fsp3) is 0.472. The molecule has 1 aromatic heterocycles. The first kappa shape index (κ1) is 33.7. The maximum atomic E-state index is 14.1. The minimum atomic E-state index is -0.825. The van der Waals surface area contributed by atoms with Crippen molar-refractivity contribution in [2.45, 2.75) is 43.9 Å². The van der Waals surface area contributed by atoms with Gasteiger partial charge in [-0.2, -0.15) is 0 Å². The predicted octanol–water partition coefficient (Wildman–Crippen LogP) is 3.14. The third-order valence-electron chi connectivity index (χ3n) is 9.48. The van der Waals surface area contributed by atoms with E-state index in [4.69, 9.17) is 28.5 Å². The van der Waals surface area contributed by atoms with E-state index in [1.165, 1.54) is 6.26 Å². The lowest BCUT2D eigenvalue weighted by atomic mass is 9.81. The van der Waals surface area contributed by atoms with E-state index in [-0.39, 0.29) is 42.1 Å². The molecule has 4 heterocycles. The summed E-state index contributed by atoms with van der Waals surface area (Å²) in [6, 6.07) is 16.9. The highest BCUT2D eigenvalue weighted by Crippen LogP contribution is 2.40. The van der Waals surface area contributed by atoms with Gasteiger partial charge in [0, 0.05) is 49.4 Å². The van der Waals surface area contributed by atoms with Crippen LogP contribution in [0.1, 0.15) is 37.7 Å². The van der Waals surface area contributed by atoms with E-state index in [9.17, 15) is 14.4 Å². The summed E-state index contributed by atoms with van der Waals surface area (Å²) in [5, 5.41) is 12.4. The molecule has 2 saturated heterocycles. The van der Waals surface area contributed by atoms with Crippen LogP contribution in [0.3, 0.4) is 0 Å². The molecule has 3 aromatic rings. The number of benzene rings is 2. The third kappa shape index (κ3) is 6.84. The number of ether oxygens (including phenoxy) is 4. The summed E-state index contributed by atoms with van der Waals surface area (Å²) in [6.45, 7) is 4.50. The number of aliphatic hydroxyl groups excluding tert-OH is 1. The number of piperidine rings is 1. The molecule has 0 aliphatic carbocycles. The Labute approximate surface area is 279 Å². The number of para-hydroxylation sites is 2. The molecule has 2 fully saturated rings. The molecule has 0 saturated carbocycles. The smallest absolute Gasteiger partial charge is 0.288 e. The zero-order valence-corrected chi connectivity index (χ0v) is 27.2. The molecule has 2 aromatic carbocycles. The summed E-state index contributed by atoms with van der Waals surface area (Å²) in [4.78, 5) is 44.9. The van der Waals surface area contributed by atoms with E-state index in [2.05, 4.69) is 10.2 Å². The first-order valence-electron chi connectivity index (χ1n) is 16.6. The van der Waals surface area contributed by atoms with Gasteiger partial charge in [0.2, 0.25) is 12.2 Å². The summed E-state index contributed by atoms with van der Waals surface area (Å²) in [5.74, 6) is -1.17. The molecule has 256 valence electrons. The number of likely N-dealkylation sites (tertiary alicyclic amines) is 1. The van der Waals surface area contributed by atoms with Gasteiger partial charge in [0.15, 0.2) is 11.2 Å². The topological polar surface area (TPSA) is 140 Å². The van der Waals surface area contributed by atoms with Crippen molar-refractivity contribution in [2.75, 3.05) is 64.3 Å². The lowest BCUT2D eigenvalue weighted by molar-refractivity contribution is -0.172. The average Bonchev–Trinajstić information content (AvgIpc) is 3.43. The van der Waals surface area contributed by atoms with Crippen LogP contribution in [0.15, 0.2) is 81.9 Å². The van der Waals surface area contributed by atoms with Crippen molar-refractivity contribution >= 4 is 28.5 Å². The number of hydrogen-bond donors (Lipinski definition) is 2. The molecule has 0 bridgehead atoms. The van der Waals surface area contributed by atoms with Crippen LogP contribution in [-0.4, -0.2) is 93.0 Å². The molecule has 12 nitrogen and oxygen atoms in total. The molecular formula is C36H43N3O9. The Hall–Kier alpha value is -4.23. The Morgan fingerprint density at radius 1 is 1.00 bits per heavy atom. The van der Waals surface area contributed by atoms with E-state index in [1.807, 2.05) is 43.3 Å². The second-order valence-electron chi connectivity index (χ2n) is 12.2. The lowest BCUT2D eigenvalue weighted by Crippen LogP contribution is -2.57. The molecule has 1 spiro atoms. The number of aliphatic hydroxyl groups is 1. The van der Waals surface area contributed by atoms with Crippen LogP contribution in [0.5, 0.6) is 0 Å². The van der Waals surface area contributed by atoms with Crippen molar-refractivity contribution in [2.24, 2.45) is 5.92 Å². The average molecular weight is 662 g/mol. The van der Waals surface area contributed by atoms with Crippen molar-refractivity contribution < 1.29 is 38.1 Å². The second kappa shape index (κ2) is 15.3. The van der Waals surface area contributed by atoms with Gasteiger partial charge in [-0.05, 0) is 56.5 Å². The zero-order chi connectivity index (χ0) is 33.5. The summed E-state index contributed by atoms with van der Waals surface area (Å²) in [6.07, 6.45) is 3.75. The van der Waals surface area contributed by atoms with Gasteiger partial charge in [0.1, 0.15) is 11.1 Å². The maximum Gasteiger partial charge on any atom is 0.288 e. The molecule has 48 heavy (non-hydrogen) atoms. The minimum Gasteiger partial charge on any atom is -0.464 e. The van der Waals surface area contributed by atoms with Crippen LogP contribution in [-0.2, 0) is 28.5 Å². The monoisotopic (exact) mass is 661 g/mol. The number of hydrogen-bond acceptors (Lipinski definition) is 10. The van der Waals surface area contributed by atoms with Crippen molar-refractivity contribution in [1.82, 2.24) is 10.2 Å². The fourth-order valence-electron chi connectivity index (χ4n) is 6.98. The van der Waals surface area contributed by atoms with Crippen LogP contribution in [0.2, 0.25) is 0 Å². The molecule has 3 aliphatic heterocycles. The van der Waals surface area contributed by atoms with Crippen molar-refractivity contribution in [1.29, 1.82) is 0 Å². The number of carbonyl (C=O) groups is 2. The largest absolute Gasteiger partial charge is 0.464 e. The van der Waals surface area contributed by atoms with E-state index in [0.717, 1.165) is 5.69 Å². The third-order valence-corrected chi connectivity index (χ3v) is 9.48. The highest BCUT2D eigenvalue weighted by atomic mass is 16.7. The zero-order valence-electron chi connectivity index (χ0n) is 27.2. The van der Waals surface area contributed by atoms with E-state index < -0.39 is 17.7 Å². The van der Waals surface area contributed by atoms with Crippen molar-refractivity contribution in [3.63, 3.8) is 0 Å². The summed E-state index contributed by atoms with van der Waals surface area (Å²) in [7, 11) is 0. The standard InChI is InChI=1S/C36H43N3O9/c1-2-46-34-26(12-18-44-20-21-45-19-17-40)28(29-23-47-30-11-7-6-10-27(30)32(29)41)22-31(48-34)33(42)38-15-13-36(14-16-38)35(43)37-24-39(36)25-8-4-3-5-9-25/h3-11,22-23,26,28,34,40H,2,12-21,24H2,1H3,(H,37,43)/t26-,28-,34+/m0/s1. The first-order chi connectivity index (χ1) is 23.5. The van der Waals surface area contributed by atoms with Crippen molar-refractivity contribution in [3.05, 3.63) is 88.5 Å². The number of rotatable bonds is 13. The Morgan fingerprint density at radius 3 is 2.48 bits per heavy atom. The number of nitrogens with zero attached hydrogens (tertiary/aromatic N) is 2. The van der Waals surface area contributed by atoms with Gasteiger partial charge < -0.3 is 43.6 Å². The molecule has 3 atom stereocenters. The summed E-state index contributed by atoms with van der Waals surface area (Å²) < 4.78 is 29.4. The van der Waals surface area contributed by atoms with Crippen LogP contribution in [0.4, 0.5) is 5.69 Å². The summed E-state index contributed by atoms with van der Waals surface area (Å²) in [5.41, 5.74) is 0.915. The van der Waals surface area contributed by atoms with E-state index in [0.29, 0.717) is 82.0 Å². The first-order valence-corrected chi connectivity index (χ1v) is 16.6. The van der Waals surface area contributed by atoms with Crippen LogP contribution < -0.4 is 15.6 Å². The van der Waals surface area contributed by atoms with Crippen LogP contribution in [0.25, 0.3) is 11.0 Å². The SMILES string of the molecule is CCO[C@@H]1OC(C(=O)N2CCC3(CC2)C(=O)NCN3c2ccccc2)=C[C@H](c2coc3ccccc3c2=O)[C@@H]1CCOCCOCCO. The van der Waals surface area contributed by atoms with Gasteiger partial charge >= 0.3 is 0 Å². The molecule has 2 N–H and O–H groups in total. The van der Waals surface area contributed by atoms with Gasteiger partial charge in [-0.25, -0.2) is 0 Å². The molecule has 0 unspecified atom stereocenters. The number of carbonyl (C=O) groups excluding carboxylic acids is 2. The highest BCUT2D eigenvalue weighted by molar-refractivity contribution is 5.95. The molecular weight excluding hydrogens is 618 g/mol. The lowest BCUT2D eigenvalue weighted by Gasteiger charge is -2.44. The Balaban J connectivity index is 1.25. The van der Waals surface area contributed by atoms with E-state index >= 15 is 0 Å². The molecule has 6 rings (SSSR count). The number of nitrogens with one attached hydrogen (secondary N) is 1. The quantitative estimate of drug-likeness (QED) is 0.263. The summed E-state index contributed by atoms with van der Waals surface area (Å²) >= 11 is 0. The second-order valence-corrected chi connectivity index (χ2v) is 12.2. The van der Waals surface area contributed by atoms with Crippen LogP contribution >= 0.6 is 0 Å².